The van der Waals surface area contributed by atoms with Crippen molar-refractivity contribution >= 4 is 0 Å². The molecule has 1 aliphatic carbocycles. The van der Waals surface area contributed by atoms with Crippen LogP contribution in [0, 0.1) is 0 Å². The van der Waals surface area contributed by atoms with Gasteiger partial charge < -0.3 is 0 Å². The van der Waals surface area contributed by atoms with E-state index in [2.05, 4.69) is 26.8 Å². The molecule has 0 heterocycles. The Morgan fingerprint density at radius 2 is 1.92 bits per heavy atom. The summed E-state index contributed by atoms with van der Waals surface area (Å²) in [6, 6.07) is 0. The molecule has 0 heteroatoms. The maximum absolute atomic E-state index is 2.36. The number of rotatable bonds is 3. The largest absolute Gasteiger partial charge is 0.0856 e. The molecular formula is C13H22. The molecule has 13 heavy (non-hydrogen) atoms. The van der Waals surface area contributed by atoms with Gasteiger partial charge in [0.15, 0.2) is 0 Å². The van der Waals surface area contributed by atoms with Gasteiger partial charge in [-0.2, -0.15) is 0 Å². The highest BCUT2D eigenvalue weighted by Gasteiger charge is 2.07. The van der Waals surface area contributed by atoms with E-state index in [1.807, 2.05) is 0 Å². The normalized spacial score (nSPS) is 17.5. The second-order valence-corrected chi connectivity index (χ2v) is 4.41. The Hall–Kier alpha value is -0.520. The Morgan fingerprint density at radius 3 is 2.54 bits per heavy atom. The molecule has 1 rings (SSSR count). The van der Waals surface area contributed by atoms with E-state index in [0.29, 0.717) is 0 Å². The summed E-state index contributed by atoms with van der Waals surface area (Å²) in [6.07, 6.45) is 10.5. The third kappa shape index (κ3) is 3.80. The van der Waals surface area contributed by atoms with Gasteiger partial charge in [-0.3, -0.25) is 0 Å². The topological polar surface area (TPSA) is 0 Å². The molecular weight excluding hydrogens is 156 g/mol. The number of allylic oxidation sites excluding steroid dienone is 4. The van der Waals surface area contributed by atoms with Crippen LogP contribution in [0.25, 0.3) is 0 Å². The predicted octanol–water partition coefficient (Wildman–Crippen LogP) is 4.62. The first-order valence-corrected chi connectivity index (χ1v) is 5.51. The van der Waals surface area contributed by atoms with Gasteiger partial charge in [0.2, 0.25) is 0 Å². The van der Waals surface area contributed by atoms with Crippen molar-refractivity contribution in [3.63, 3.8) is 0 Å². The maximum atomic E-state index is 2.36. The lowest BCUT2D eigenvalue weighted by molar-refractivity contribution is 0.648. The van der Waals surface area contributed by atoms with Gasteiger partial charge in [-0.05, 0) is 59.3 Å². The van der Waals surface area contributed by atoms with Gasteiger partial charge >= 0.3 is 0 Å². The summed E-state index contributed by atoms with van der Waals surface area (Å²) in [5.74, 6) is 0. The molecule has 0 aromatic heterocycles. The fourth-order valence-electron chi connectivity index (χ4n) is 1.99. The molecule has 0 aromatic carbocycles. The van der Waals surface area contributed by atoms with Crippen LogP contribution in [0.5, 0.6) is 0 Å². The van der Waals surface area contributed by atoms with E-state index in [-0.39, 0.29) is 0 Å². The highest BCUT2D eigenvalue weighted by atomic mass is 14.1. The van der Waals surface area contributed by atoms with Gasteiger partial charge in [0.05, 0.1) is 0 Å². The van der Waals surface area contributed by atoms with Crippen LogP contribution in [0.3, 0.4) is 0 Å². The fourth-order valence-corrected chi connectivity index (χ4v) is 1.99. The van der Waals surface area contributed by atoms with Gasteiger partial charge in [0, 0.05) is 0 Å². The molecule has 0 spiro atoms. The molecule has 0 aliphatic heterocycles. The van der Waals surface area contributed by atoms with Gasteiger partial charge in [-0.15, -0.1) is 0 Å². The summed E-state index contributed by atoms with van der Waals surface area (Å²) in [4.78, 5) is 0. The first kappa shape index (κ1) is 10.6. The molecule has 0 fully saturated rings. The quantitative estimate of drug-likeness (QED) is 0.553. The van der Waals surface area contributed by atoms with Gasteiger partial charge in [-0.25, -0.2) is 0 Å². The zero-order valence-corrected chi connectivity index (χ0v) is 9.32. The van der Waals surface area contributed by atoms with Crippen molar-refractivity contribution in [3.8, 4) is 0 Å². The SMILES string of the molecule is CC(C)=CCCC1=C(C)CCCC1. The molecule has 0 bridgehead atoms. The molecule has 0 atom stereocenters. The van der Waals surface area contributed by atoms with E-state index in [1.54, 1.807) is 11.1 Å². The van der Waals surface area contributed by atoms with Crippen molar-refractivity contribution in [3.05, 3.63) is 22.8 Å². The zero-order valence-electron chi connectivity index (χ0n) is 9.32. The van der Waals surface area contributed by atoms with E-state index in [0.717, 1.165) is 0 Å². The summed E-state index contributed by atoms with van der Waals surface area (Å²) < 4.78 is 0. The summed E-state index contributed by atoms with van der Waals surface area (Å²) in [5, 5.41) is 0. The predicted molar refractivity (Wildman–Crippen MR) is 59.8 cm³/mol. The van der Waals surface area contributed by atoms with E-state index >= 15 is 0 Å². The molecule has 0 unspecified atom stereocenters. The summed E-state index contributed by atoms with van der Waals surface area (Å²) in [7, 11) is 0. The van der Waals surface area contributed by atoms with Crippen LogP contribution < -0.4 is 0 Å². The lowest BCUT2D eigenvalue weighted by Crippen LogP contribution is -1.97. The number of hydrogen-bond donors (Lipinski definition) is 0. The molecule has 0 nitrogen and oxygen atoms in total. The van der Waals surface area contributed by atoms with Gasteiger partial charge in [0.1, 0.15) is 0 Å². The highest BCUT2D eigenvalue weighted by Crippen LogP contribution is 2.27. The minimum atomic E-state index is 1.25. The van der Waals surface area contributed by atoms with Crippen LogP contribution >= 0.6 is 0 Å². The Morgan fingerprint density at radius 1 is 1.23 bits per heavy atom. The fraction of sp³-hybridized carbons (Fsp3) is 0.692. The van der Waals surface area contributed by atoms with Crippen LogP contribution in [-0.4, -0.2) is 0 Å². The second kappa shape index (κ2) is 5.26. The van der Waals surface area contributed by atoms with Crippen molar-refractivity contribution in [1.29, 1.82) is 0 Å². The zero-order chi connectivity index (χ0) is 9.68. The summed E-state index contributed by atoms with van der Waals surface area (Å²) in [6.45, 7) is 6.68. The van der Waals surface area contributed by atoms with E-state index < -0.39 is 0 Å². The summed E-state index contributed by atoms with van der Waals surface area (Å²) >= 11 is 0. The second-order valence-electron chi connectivity index (χ2n) is 4.41. The third-order valence-corrected chi connectivity index (χ3v) is 2.88. The maximum Gasteiger partial charge on any atom is -0.0283 e. The van der Waals surface area contributed by atoms with E-state index in [1.165, 1.54) is 44.1 Å². The van der Waals surface area contributed by atoms with Crippen LogP contribution in [0.4, 0.5) is 0 Å². The first-order valence-electron chi connectivity index (χ1n) is 5.51. The van der Waals surface area contributed by atoms with Crippen molar-refractivity contribution in [1.82, 2.24) is 0 Å². The molecule has 74 valence electrons. The van der Waals surface area contributed by atoms with Crippen LogP contribution in [-0.2, 0) is 0 Å². The lowest BCUT2D eigenvalue weighted by Gasteiger charge is -2.16. The van der Waals surface area contributed by atoms with Crippen molar-refractivity contribution in [2.45, 2.75) is 59.3 Å². The Kier molecular flexibility index (Phi) is 4.27. The average molecular weight is 178 g/mol. The van der Waals surface area contributed by atoms with Crippen LogP contribution in [0.1, 0.15) is 59.3 Å². The molecule has 0 radical (unpaired) electrons. The number of hydrogen-bond acceptors (Lipinski definition) is 0. The molecule has 0 N–H and O–H groups in total. The van der Waals surface area contributed by atoms with E-state index in [4.69, 9.17) is 0 Å². The minimum Gasteiger partial charge on any atom is -0.0856 e. The molecule has 0 saturated carbocycles. The van der Waals surface area contributed by atoms with Crippen molar-refractivity contribution in [2.75, 3.05) is 0 Å². The smallest absolute Gasteiger partial charge is 0.0283 e. The van der Waals surface area contributed by atoms with Crippen molar-refractivity contribution < 1.29 is 0 Å². The Balaban J connectivity index is 2.39. The monoisotopic (exact) mass is 178 g/mol. The van der Waals surface area contributed by atoms with Crippen molar-refractivity contribution in [2.24, 2.45) is 0 Å². The molecule has 0 saturated heterocycles. The standard InChI is InChI=1S/C13H22/c1-11(2)7-6-10-13-9-5-4-8-12(13)3/h7H,4-6,8-10H2,1-3H3. The Bertz CT molecular complexity index is 214. The molecule has 0 amide bonds. The van der Waals surface area contributed by atoms with Gasteiger partial charge in [-0.1, -0.05) is 22.8 Å². The molecule has 0 aromatic rings. The Labute approximate surface area is 82.7 Å². The van der Waals surface area contributed by atoms with Crippen LogP contribution in [0.15, 0.2) is 22.8 Å². The van der Waals surface area contributed by atoms with Crippen LogP contribution in [0.2, 0.25) is 0 Å². The average Bonchev–Trinajstić information content (AvgIpc) is 2.08. The highest BCUT2D eigenvalue weighted by molar-refractivity contribution is 5.15. The molecule has 1 aliphatic rings. The first-order chi connectivity index (χ1) is 6.20. The van der Waals surface area contributed by atoms with Gasteiger partial charge in [0.25, 0.3) is 0 Å². The van der Waals surface area contributed by atoms with E-state index in [9.17, 15) is 0 Å². The summed E-state index contributed by atoms with van der Waals surface area (Å²) in [5.41, 5.74) is 4.87. The third-order valence-electron chi connectivity index (χ3n) is 2.88. The minimum absolute atomic E-state index is 1.25. The lowest BCUT2D eigenvalue weighted by atomic mass is 9.90.